The molecule has 0 N–H and O–H groups in total. The second kappa shape index (κ2) is 5.82. The van der Waals surface area contributed by atoms with Crippen LogP contribution in [0.25, 0.3) is 0 Å². The van der Waals surface area contributed by atoms with Gasteiger partial charge in [0.25, 0.3) is 0 Å². The first-order valence-corrected chi connectivity index (χ1v) is 10.3. The number of benzene rings is 3. The van der Waals surface area contributed by atoms with Crippen LogP contribution in [0.4, 0.5) is 5.69 Å². The highest BCUT2D eigenvalue weighted by molar-refractivity contribution is 6.25. The minimum atomic E-state index is -0.828. The van der Waals surface area contributed by atoms with Gasteiger partial charge in [0.15, 0.2) is 0 Å². The molecule has 3 aromatic rings. The van der Waals surface area contributed by atoms with E-state index in [0.717, 1.165) is 0 Å². The van der Waals surface area contributed by atoms with Gasteiger partial charge >= 0.3 is 0 Å². The van der Waals surface area contributed by atoms with Crippen LogP contribution < -0.4 is 9.64 Å². The number of imide groups is 1. The summed E-state index contributed by atoms with van der Waals surface area (Å²) in [7, 11) is 1.56. The highest BCUT2D eigenvalue weighted by Gasteiger charge is 2.69. The summed E-state index contributed by atoms with van der Waals surface area (Å²) in [6, 6.07) is 23.8. The van der Waals surface area contributed by atoms with Crippen LogP contribution in [-0.4, -0.2) is 18.9 Å². The van der Waals surface area contributed by atoms with Crippen molar-refractivity contribution in [2.45, 2.75) is 18.8 Å². The fraction of sp³-hybridized carbons (Fsp3) is 0.231. The number of hydrogen-bond donors (Lipinski definition) is 0. The van der Waals surface area contributed by atoms with Gasteiger partial charge in [-0.15, -0.1) is 0 Å². The molecule has 0 radical (unpaired) electrons. The lowest BCUT2D eigenvalue weighted by atomic mass is 9.48. The fourth-order valence-corrected chi connectivity index (χ4v) is 6.16. The Labute approximate surface area is 175 Å². The number of nitrogens with zero attached hydrogens (tertiary/aromatic N) is 1. The fourth-order valence-electron chi connectivity index (χ4n) is 6.16. The van der Waals surface area contributed by atoms with Gasteiger partial charge in [-0.2, -0.15) is 0 Å². The average molecular weight is 395 g/mol. The van der Waals surface area contributed by atoms with Crippen molar-refractivity contribution in [3.8, 4) is 5.75 Å². The molecule has 1 fully saturated rings. The van der Waals surface area contributed by atoms with Crippen LogP contribution in [0.15, 0.2) is 72.8 Å². The van der Waals surface area contributed by atoms with E-state index in [4.69, 9.17) is 4.74 Å². The van der Waals surface area contributed by atoms with E-state index in [9.17, 15) is 9.59 Å². The van der Waals surface area contributed by atoms with Crippen molar-refractivity contribution < 1.29 is 14.3 Å². The second-order valence-corrected chi connectivity index (χ2v) is 8.58. The Morgan fingerprint density at radius 1 is 0.800 bits per heavy atom. The zero-order chi connectivity index (χ0) is 20.6. The monoisotopic (exact) mass is 395 g/mol. The molecular formula is C26H21NO3. The van der Waals surface area contributed by atoms with Crippen LogP contribution in [0.3, 0.4) is 0 Å². The topological polar surface area (TPSA) is 46.6 Å². The second-order valence-electron chi connectivity index (χ2n) is 8.58. The van der Waals surface area contributed by atoms with Gasteiger partial charge in [0.05, 0.1) is 24.1 Å². The van der Waals surface area contributed by atoms with Crippen LogP contribution in [0.1, 0.15) is 41.0 Å². The lowest BCUT2D eigenvalue weighted by Crippen LogP contribution is -2.49. The van der Waals surface area contributed by atoms with Gasteiger partial charge in [-0.1, -0.05) is 60.7 Å². The zero-order valence-corrected chi connectivity index (χ0v) is 16.8. The number of hydrogen-bond acceptors (Lipinski definition) is 3. The summed E-state index contributed by atoms with van der Waals surface area (Å²) in [6.45, 7) is 1.98. The normalized spacial score (nSPS) is 28.2. The number of ether oxygens (including phenoxy) is 1. The molecule has 0 spiro atoms. The number of carbonyl (C=O) groups is 2. The highest BCUT2D eigenvalue weighted by Crippen LogP contribution is 2.67. The summed E-state index contributed by atoms with van der Waals surface area (Å²) in [5.74, 6) is -0.430. The smallest absolute Gasteiger partial charge is 0.241 e. The van der Waals surface area contributed by atoms with Gasteiger partial charge in [0.2, 0.25) is 11.8 Å². The minimum absolute atomic E-state index is 0.122. The molecular weight excluding hydrogens is 374 g/mol. The number of para-hydroxylation sites is 2. The maximum Gasteiger partial charge on any atom is 0.241 e. The Hall–Kier alpha value is -3.40. The molecule has 2 bridgehead atoms. The minimum Gasteiger partial charge on any atom is -0.495 e. The molecule has 1 heterocycles. The predicted octanol–water partition coefficient (Wildman–Crippen LogP) is 4.48. The molecule has 2 atom stereocenters. The van der Waals surface area contributed by atoms with E-state index in [2.05, 4.69) is 24.3 Å². The summed E-state index contributed by atoms with van der Waals surface area (Å²) in [5.41, 5.74) is 4.38. The third kappa shape index (κ3) is 1.87. The van der Waals surface area contributed by atoms with E-state index < -0.39 is 11.3 Å². The Bertz CT molecular complexity index is 1180. The molecule has 4 heteroatoms. The third-order valence-corrected chi connectivity index (χ3v) is 7.34. The van der Waals surface area contributed by atoms with E-state index in [1.54, 1.807) is 19.2 Å². The molecule has 4 aliphatic rings. The molecule has 1 aliphatic heterocycles. The Kier molecular flexibility index (Phi) is 3.39. The summed E-state index contributed by atoms with van der Waals surface area (Å²) in [4.78, 5) is 29.3. The number of rotatable bonds is 2. The van der Waals surface area contributed by atoms with Crippen molar-refractivity contribution in [3.05, 3.63) is 95.1 Å². The number of amides is 2. The Morgan fingerprint density at radius 3 is 1.93 bits per heavy atom. The van der Waals surface area contributed by atoms with Crippen LogP contribution in [0.5, 0.6) is 5.75 Å². The van der Waals surface area contributed by atoms with Crippen LogP contribution in [0, 0.1) is 11.3 Å². The number of anilines is 1. The maximum atomic E-state index is 14.0. The Balaban J connectivity index is 1.62. The lowest BCUT2D eigenvalue weighted by Gasteiger charge is -2.51. The molecule has 2 amide bonds. The van der Waals surface area contributed by atoms with Gasteiger partial charge in [-0.05, 0) is 41.3 Å². The highest BCUT2D eigenvalue weighted by atomic mass is 16.5. The summed E-state index contributed by atoms with van der Waals surface area (Å²) >= 11 is 0. The molecule has 3 aromatic carbocycles. The standard InChI is InChI=1S/C26H21NO3/c1-26-22-17-11-5-3-9-15(17)21(16-10-4-6-12-18(16)22)23(26)24(28)27(25(26)29)19-13-7-8-14-20(19)30-2/h3-14,21-23H,1-2H3/t21?,22?,23-,26+/m0/s1. The summed E-state index contributed by atoms with van der Waals surface area (Å²) in [6.07, 6.45) is 0. The molecule has 0 aromatic heterocycles. The summed E-state index contributed by atoms with van der Waals surface area (Å²) < 4.78 is 5.49. The maximum absolute atomic E-state index is 14.0. The first-order valence-electron chi connectivity index (χ1n) is 10.3. The van der Waals surface area contributed by atoms with Crippen molar-refractivity contribution in [2.75, 3.05) is 12.0 Å². The molecule has 0 unspecified atom stereocenters. The van der Waals surface area contributed by atoms with E-state index >= 15 is 0 Å². The first-order chi connectivity index (χ1) is 14.6. The number of carbonyl (C=O) groups excluding carboxylic acids is 2. The van der Waals surface area contributed by atoms with Crippen molar-refractivity contribution in [1.82, 2.24) is 0 Å². The zero-order valence-electron chi connectivity index (χ0n) is 16.8. The largest absolute Gasteiger partial charge is 0.495 e. The third-order valence-electron chi connectivity index (χ3n) is 7.34. The lowest BCUT2D eigenvalue weighted by molar-refractivity contribution is -0.128. The van der Waals surface area contributed by atoms with E-state index in [1.807, 2.05) is 43.3 Å². The van der Waals surface area contributed by atoms with Gasteiger partial charge in [-0.3, -0.25) is 9.59 Å². The first kappa shape index (κ1) is 17.5. The van der Waals surface area contributed by atoms with Crippen LogP contribution >= 0.6 is 0 Å². The van der Waals surface area contributed by atoms with Crippen molar-refractivity contribution in [1.29, 1.82) is 0 Å². The average Bonchev–Trinajstić information content (AvgIpc) is 2.99. The molecule has 148 valence electrons. The van der Waals surface area contributed by atoms with Gasteiger partial charge in [-0.25, -0.2) is 4.90 Å². The quantitative estimate of drug-likeness (QED) is 0.601. The predicted molar refractivity (Wildman–Crippen MR) is 114 cm³/mol. The molecule has 3 aliphatic carbocycles. The van der Waals surface area contributed by atoms with Crippen molar-refractivity contribution >= 4 is 17.5 Å². The SMILES string of the molecule is COc1ccccc1N1C(=O)[C@@H]2C3c4ccccc4C(c4ccccc43)[C@@]2(C)C1=O. The van der Waals surface area contributed by atoms with E-state index in [-0.39, 0.29) is 23.7 Å². The van der Waals surface area contributed by atoms with Crippen LogP contribution in [-0.2, 0) is 9.59 Å². The van der Waals surface area contributed by atoms with Gasteiger partial charge < -0.3 is 4.74 Å². The van der Waals surface area contributed by atoms with Crippen molar-refractivity contribution in [3.63, 3.8) is 0 Å². The van der Waals surface area contributed by atoms with E-state index in [1.165, 1.54) is 27.2 Å². The Morgan fingerprint density at radius 2 is 1.33 bits per heavy atom. The van der Waals surface area contributed by atoms with Gasteiger partial charge in [0, 0.05) is 11.8 Å². The van der Waals surface area contributed by atoms with Crippen molar-refractivity contribution in [2.24, 2.45) is 11.3 Å². The molecule has 30 heavy (non-hydrogen) atoms. The molecule has 7 rings (SSSR count). The van der Waals surface area contributed by atoms with Crippen LogP contribution in [0.2, 0.25) is 0 Å². The number of methoxy groups -OCH3 is 1. The van der Waals surface area contributed by atoms with E-state index in [0.29, 0.717) is 11.4 Å². The van der Waals surface area contributed by atoms with Gasteiger partial charge in [0.1, 0.15) is 5.75 Å². The molecule has 0 saturated carbocycles. The summed E-state index contributed by atoms with van der Waals surface area (Å²) in [5, 5.41) is 0. The molecule has 1 saturated heterocycles. The molecule has 4 nitrogen and oxygen atoms in total.